The minimum absolute atomic E-state index is 0.0498. The van der Waals surface area contributed by atoms with Crippen molar-refractivity contribution >= 4 is 17.0 Å². The normalized spacial score (nSPS) is 10.2. The molecule has 1 heterocycles. The molecule has 2 aromatic rings. The fourth-order valence-corrected chi connectivity index (χ4v) is 1.08. The first-order valence-electron chi connectivity index (χ1n) is 3.45. The average molecular weight is 181 g/mol. The van der Waals surface area contributed by atoms with E-state index in [0.717, 1.165) is 0 Å². The minimum Gasteiger partial charge on any atom is -0.258 e. The van der Waals surface area contributed by atoms with Gasteiger partial charge in [0.05, 0.1) is 11.1 Å². The smallest absolute Gasteiger partial charge is 0.258 e. The van der Waals surface area contributed by atoms with E-state index in [2.05, 4.69) is 20.4 Å². The largest absolute Gasteiger partial charge is 0.381 e. The van der Waals surface area contributed by atoms with Crippen molar-refractivity contribution in [2.24, 2.45) is 0 Å². The number of benzene rings is 1. The maximum atomic E-state index is 11.6. The SMILES string of the molecule is O=C(OF)c1cccc2[nH]nnc12. The van der Waals surface area contributed by atoms with Crippen LogP contribution in [-0.4, -0.2) is 21.4 Å². The van der Waals surface area contributed by atoms with Gasteiger partial charge in [-0.25, -0.2) is 9.74 Å². The highest BCUT2D eigenvalue weighted by molar-refractivity contribution is 6.01. The van der Waals surface area contributed by atoms with Gasteiger partial charge in [0.25, 0.3) is 0 Å². The summed E-state index contributed by atoms with van der Waals surface area (Å²) < 4.78 is 11.6. The van der Waals surface area contributed by atoms with Gasteiger partial charge in [0.2, 0.25) is 0 Å². The summed E-state index contributed by atoms with van der Waals surface area (Å²) in [6.07, 6.45) is 0. The van der Waals surface area contributed by atoms with E-state index in [4.69, 9.17) is 0 Å². The number of halogens is 1. The Balaban J connectivity index is 2.67. The van der Waals surface area contributed by atoms with Crippen molar-refractivity contribution < 1.29 is 14.3 Å². The van der Waals surface area contributed by atoms with Crippen molar-refractivity contribution in [1.29, 1.82) is 0 Å². The second kappa shape index (κ2) is 2.81. The number of hydrogen-bond acceptors (Lipinski definition) is 4. The number of rotatable bonds is 1. The van der Waals surface area contributed by atoms with E-state index in [0.29, 0.717) is 11.0 Å². The summed E-state index contributed by atoms with van der Waals surface area (Å²) in [4.78, 5) is 13.9. The summed E-state index contributed by atoms with van der Waals surface area (Å²) in [7, 11) is 0. The lowest BCUT2D eigenvalue weighted by Gasteiger charge is -1.93. The molecule has 1 N–H and O–H groups in total. The lowest BCUT2D eigenvalue weighted by Crippen LogP contribution is -1.99. The molecule has 0 saturated carbocycles. The topological polar surface area (TPSA) is 67.9 Å². The first-order chi connectivity index (χ1) is 6.33. The van der Waals surface area contributed by atoms with Gasteiger partial charge in [-0.1, -0.05) is 11.3 Å². The van der Waals surface area contributed by atoms with E-state index < -0.39 is 5.97 Å². The number of aromatic amines is 1. The van der Waals surface area contributed by atoms with Crippen molar-refractivity contribution in [3.63, 3.8) is 0 Å². The van der Waals surface area contributed by atoms with Gasteiger partial charge < -0.3 is 0 Å². The third kappa shape index (κ3) is 1.12. The van der Waals surface area contributed by atoms with Crippen LogP contribution < -0.4 is 0 Å². The highest BCUT2D eigenvalue weighted by Gasteiger charge is 2.13. The lowest BCUT2D eigenvalue weighted by atomic mass is 10.2. The third-order valence-electron chi connectivity index (χ3n) is 1.65. The fraction of sp³-hybridized carbons (Fsp3) is 0. The van der Waals surface area contributed by atoms with Gasteiger partial charge in [-0.15, -0.1) is 5.10 Å². The van der Waals surface area contributed by atoms with Gasteiger partial charge in [-0.2, -0.15) is 0 Å². The summed E-state index contributed by atoms with van der Waals surface area (Å²) in [5, 5.41) is 9.64. The molecule has 0 unspecified atom stereocenters. The number of nitrogens with zero attached hydrogens (tertiary/aromatic N) is 2. The van der Waals surface area contributed by atoms with Crippen LogP contribution in [0.1, 0.15) is 10.4 Å². The Morgan fingerprint density at radius 2 is 2.38 bits per heavy atom. The number of aromatic nitrogens is 3. The number of hydrogen-bond donors (Lipinski definition) is 1. The van der Waals surface area contributed by atoms with Gasteiger partial charge in [0.1, 0.15) is 5.52 Å². The number of carbonyl (C=O) groups is 1. The Hall–Kier alpha value is -1.98. The predicted octanol–water partition coefficient (Wildman–Crippen LogP) is 0.999. The van der Waals surface area contributed by atoms with Crippen molar-refractivity contribution in [2.75, 3.05) is 0 Å². The van der Waals surface area contributed by atoms with Crippen LogP contribution in [0.25, 0.3) is 11.0 Å². The van der Waals surface area contributed by atoms with E-state index in [1.807, 2.05) is 0 Å². The molecule has 0 aliphatic heterocycles. The van der Waals surface area contributed by atoms with E-state index in [-0.39, 0.29) is 5.56 Å². The molecule has 0 fully saturated rings. The zero-order chi connectivity index (χ0) is 9.26. The Kier molecular flexibility index (Phi) is 1.66. The third-order valence-corrected chi connectivity index (χ3v) is 1.65. The standard InChI is InChI=1S/C7H4FN3O2/c8-13-7(12)4-2-1-3-5-6(4)10-11-9-5/h1-3H,(H,9,10,11). The highest BCUT2D eigenvalue weighted by Crippen LogP contribution is 2.14. The van der Waals surface area contributed by atoms with E-state index in [9.17, 15) is 9.32 Å². The molecule has 6 heteroatoms. The van der Waals surface area contributed by atoms with Crippen LogP contribution in [0.4, 0.5) is 4.53 Å². The summed E-state index contributed by atoms with van der Waals surface area (Å²) in [5.41, 5.74) is 0.904. The van der Waals surface area contributed by atoms with Crippen LogP contribution in [0.15, 0.2) is 18.2 Å². The molecule has 0 atom stereocenters. The second-order valence-electron chi connectivity index (χ2n) is 2.38. The van der Waals surface area contributed by atoms with Crippen molar-refractivity contribution in [3.05, 3.63) is 23.8 Å². The maximum Gasteiger partial charge on any atom is 0.381 e. The predicted molar refractivity (Wildman–Crippen MR) is 40.4 cm³/mol. The van der Waals surface area contributed by atoms with E-state index in [1.165, 1.54) is 6.07 Å². The molecule has 1 aromatic carbocycles. The summed E-state index contributed by atoms with van der Waals surface area (Å²) in [6, 6.07) is 4.66. The van der Waals surface area contributed by atoms with Gasteiger partial charge in [0.15, 0.2) is 0 Å². The Bertz CT molecular complexity index is 454. The van der Waals surface area contributed by atoms with E-state index >= 15 is 0 Å². The molecule has 0 aliphatic rings. The molecule has 1 aromatic heterocycles. The number of carbonyl (C=O) groups excluding carboxylic acids is 1. The van der Waals surface area contributed by atoms with Crippen LogP contribution in [0.3, 0.4) is 0 Å². The summed E-state index contributed by atoms with van der Waals surface area (Å²) >= 11 is 0. The Morgan fingerprint density at radius 3 is 3.15 bits per heavy atom. The number of fused-ring (bicyclic) bond motifs is 1. The van der Waals surface area contributed by atoms with Gasteiger partial charge in [0, 0.05) is 4.53 Å². The molecule has 13 heavy (non-hydrogen) atoms. The molecular formula is C7H4FN3O2. The van der Waals surface area contributed by atoms with Gasteiger partial charge in [-0.3, -0.25) is 5.10 Å². The number of nitrogens with one attached hydrogen (secondary N) is 1. The fourth-order valence-electron chi connectivity index (χ4n) is 1.08. The first kappa shape index (κ1) is 7.66. The Labute approximate surface area is 71.4 Å². The quantitative estimate of drug-likeness (QED) is 0.712. The second-order valence-corrected chi connectivity index (χ2v) is 2.38. The van der Waals surface area contributed by atoms with Crippen LogP contribution in [0.2, 0.25) is 0 Å². The van der Waals surface area contributed by atoms with Crippen molar-refractivity contribution in [3.8, 4) is 0 Å². The molecule has 0 bridgehead atoms. The van der Waals surface area contributed by atoms with Gasteiger partial charge in [-0.05, 0) is 12.1 Å². The van der Waals surface area contributed by atoms with Gasteiger partial charge >= 0.3 is 5.97 Å². The molecule has 2 rings (SSSR count). The minimum atomic E-state index is -1.07. The van der Waals surface area contributed by atoms with Crippen molar-refractivity contribution in [1.82, 2.24) is 15.4 Å². The highest BCUT2D eigenvalue weighted by atomic mass is 19.3. The summed E-state index contributed by atoms with van der Waals surface area (Å²) in [6.45, 7) is 0. The van der Waals surface area contributed by atoms with Crippen LogP contribution >= 0.6 is 0 Å². The monoisotopic (exact) mass is 181 g/mol. The van der Waals surface area contributed by atoms with Crippen LogP contribution in [-0.2, 0) is 4.94 Å². The molecular weight excluding hydrogens is 177 g/mol. The molecule has 66 valence electrons. The molecule has 5 nitrogen and oxygen atoms in total. The average Bonchev–Trinajstić information content (AvgIpc) is 2.63. The molecule has 0 radical (unpaired) electrons. The molecule has 0 aliphatic carbocycles. The summed E-state index contributed by atoms with van der Waals surface area (Å²) in [5.74, 6) is -1.07. The maximum absolute atomic E-state index is 11.6. The molecule has 0 saturated heterocycles. The van der Waals surface area contributed by atoms with Crippen molar-refractivity contribution in [2.45, 2.75) is 0 Å². The van der Waals surface area contributed by atoms with E-state index in [1.54, 1.807) is 12.1 Å². The van der Waals surface area contributed by atoms with Crippen LogP contribution in [0, 0.1) is 0 Å². The lowest BCUT2D eigenvalue weighted by molar-refractivity contribution is -0.0786. The zero-order valence-corrected chi connectivity index (χ0v) is 6.32. The zero-order valence-electron chi connectivity index (χ0n) is 6.32. The number of H-pyrrole nitrogens is 1. The van der Waals surface area contributed by atoms with Crippen LogP contribution in [0.5, 0.6) is 0 Å². The molecule has 0 amide bonds. The molecule has 0 spiro atoms. The Morgan fingerprint density at radius 1 is 1.54 bits per heavy atom. The first-order valence-corrected chi connectivity index (χ1v) is 3.45.